The molecule has 0 bridgehead atoms. The number of amides is 3. The van der Waals surface area contributed by atoms with E-state index >= 15 is 0 Å². The van der Waals surface area contributed by atoms with Crippen molar-refractivity contribution in [2.45, 2.75) is 45.1 Å². The number of fused-ring (bicyclic) bond motifs is 1. The van der Waals surface area contributed by atoms with Crippen molar-refractivity contribution >= 4 is 40.9 Å². The Bertz CT molecular complexity index is 716. The minimum atomic E-state index is -0.908. The molecule has 0 spiro atoms. The van der Waals surface area contributed by atoms with E-state index in [1.807, 2.05) is 0 Å². The number of hydrazine groups is 1. The lowest BCUT2D eigenvalue weighted by molar-refractivity contribution is -0.151. The zero-order valence-corrected chi connectivity index (χ0v) is 15.8. The average Bonchev–Trinajstić information content (AvgIpc) is 2.87. The van der Waals surface area contributed by atoms with E-state index < -0.39 is 12.0 Å². The van der Waals surface area contributed by atoms with E-state index in [-0.39, 0.29) is 29.4 Å². The van der Waals surface area contributed by atoms with Crippen molar-refractivity contribution in [1.82, 2.24) is 10.4 Å². The fourth-order valence-electron chi connectivity index (χ4n) is 3.50. The third kappa shape index (κ3) is 3.67. The van der Waals surface area contributed by atoms with Crippen LogP contribution < -0.4 is 10.2 Å². The van der Waals surface area contributed by atoms with Gasteiger partial charge in [0.1, 0.15) is 5.75 Å². The zero-order chi connectivity index (χ0) is 18.8. The van der Waals surface area contributed by atoms with Gasteiger partial charge in [0.05, 0.1) is 16.9 Å². The standard InChI is InChI=1S/C18H20Cl2N2O4/c1-2-14(26-15-9-10(19)7-8-13(15)20)16(23)21-22-17(24)11-5-3-4-6-12(11)18(22)25/h7-9,11-12,14H,2-6H2,1H3,(H,21,23)/t11-,12-,14+/m0/s1. The van der Waals surface area contributed by atoms with E-state index in [2.05, 4.69) is 5.43 Å². The molecule has 6 nitrogen and oxygen atoms in total. The summed E-state index contributed by atoms with van der Waals surface area (Å²) in [7, 11) is 0. The van der Waals surface area contributed by atoms with Gasteiger partial charge >= 0.3 is 0 Å². The summed E-state index contributed by atoms with van der Waals surface area (Å²) in [6.45, 7) is 1.76. The van der Waals surface area contributed by atoms with Crippen LogP contribution in [0.15, 0.2) is 18.2 Å². The molecule has 3 atom stereocenters. The molecule has 3 rings (SSSR count). The van der Waals surface area contributed by atoms with Crippen molar-refractivity contribution in [3.8, 4) is 5.75 Å². The first-order chi connectivity index (χ1) is 12.4. The molecule has 2 aliphatic rings. The normalized spacial score (nSPS) is 23.6. The highest BCUT2D eigenvalue weighted by molar-refractivity contribution is 6.34. The molecule has 3 amide bonds. The molecule has 1 heterocycles. The molecule has 1 aliphatic heterocycles. The molecule has 1 saturated carbocycles. The van der Waals surface area contributed by atoms with E-state index in [1.165, 1.54) is 6.07 Å². The van der Waals surface area contributed by atoms with E-state index in [0.29, 0.717) is 29.3 Å². The molecular formula is C18H20Cl2N2O4. The van der Waals surface area contributed by atoms with Crippen LogP contribution in [0, 0.1) is 11.8 Å². The quantitative estimate of drug-likeness (QED) is 0.771. The van der Waals surface area contributed by atoms with E-state index in [4.69, 9.17) is 27.9 Å². The Labute approximate surface area is 161 Å². The highest BCUT2D eigenvalue weighted by Gasteiger charge is 2.49. The molecule has 0 radical (unpaired) electrons. The Hall–Kier alpha value is -1.79. The first-order valence-corrected chi connectivity index (χ1v) is 9.48. The first kappa shape index (κ1) is 19.0. The third-order valence-corrected chi connectivity index (χ3v) is 5.44. The summed E-state index contributed by atoms with van der Waals surface area (Å²) in [5.74, 6) is -1.59. The van der Waals surface area contributed by atoms with Gasteiger partial charge in [-0.3, -0.25) is 19.8 Å². The number of hydrogen-bond donors (Lipinski definition) is 1. The van der Waals surface area contributed by atoms with Crippen LogP contribution in [0.4, 0.5) is 0 Å². The lowest BCUT2D eigenvalue weighted by Gasteiger charge is -2.22. The van der Waals surface area contributed by atoms with Crippen LogP contribution in [-0.2, 0) is 14.4 Å². The van der Waals surface area contributed by atoms with Crippen LogP contribution in [0.2, 0.25) is 10.0 Å². The molecule has 1 saturated heterocycles. The molecule has 1 aromatic rings. The van der Waals surface area contributed by atoms with Crippen LogP contribution >= 0.6 is 23.2 Å². The van der Waals surface area contributed by atoms with Crippen LogP contribution in [0.3, 0.4) is 0 Å². The lowest BCUT2D eigenvalue weighted by atomic mass is 9.81. The van der Waals surface area contributed by atoms with E-state index in [1.54, 1.807) is 19.1 Å². The molecule has 1 N–H and O–H groups in total. The number of imide groups is 1. The fraction of sp³-hybridized carbons (Fsp3) is 0.500. The zero-order valence-electron chi connectivity index (χ0n) is 14.3. The minimum Gasteiger partial charge on any atom is -0.479 e. The van der Waals surface area contributed by atoms with E-state index in [0.717, 1.165) is 17.9 Å². The van der Waals surface area contributed by atoms with Crippen LogP contribution in [0.5, 0.6) is 5.75 Å². The number of nitrogens with zero attached hydrogens (tertiary/aromatic N) is 1. The second-order valence-electron chi connectivity index (χ2n) is 6.57. The Morgan fingerprint density at radius 3 is 2.42 bits per heavy atom. The van der Waals surface area contributed by atoms with Gasteiger partial charge < -0.3 is 4.74 Å². The van der Waals surface area contributed by atoms with Gasteiger partial charge in [-0.15, -0.1) is 0 Å². The second-order valence-corrected chi connectivity index (χ2v) is 7.42. The maximum Gasteiger partial charge on any atom is 0.279 e. The number of rotatable bonds is 5. The molecule has 26 heavy (non-hydrogen) atoms. The largest absolute Gasteiger partial charge is 0.479 e. The first-order valence-electron chi connectivity index (χ1n) is 8.72. The number of carbonyl (C=O) groups is 3. The molecule has 1 aromatic carbocycles. The Balaban J connectivity index is 1.70. The van der Waals surface area contributed by atoms with Crippen molar-refractivity contribution < 1.29 is 19.1 Å². The maximum absolute atomic E-state index is 12.6. The average molecular weight is 399 g/mol. The highest BCUT2D eigenvalue weighted by Crippen LogP contribution is 2.37. The lowest BCUT2D eigenvalue weighted by Crippen LogP contribution is -2.51. The summed E-state index contributed by atoms with van der Waals surface area (Å²) in [6.07, 6.45) is 2.65. The Morgan fingerprint density at radius 1 is 1.23 bits per heavy atom. The minimum absolute atomic E-state index is 0.272. The predicted molar refractivity (Wildman–Crippen MR) is 96.6 cm³/mol. The van der Waals surface area contributed by atoms with Crippen LogP contribution in [0.25, 0.3) is 0 Å². The summed E-state index contributed by atoms with van der Waals surface area (Å²) in [4.78, 5) is 37.5. The smallest absolute Gasteiger partial charge is 0.279 e. The molecule has 1 aliphatic carbocycles. The Morgan fingerprint density at radius 2 is 1.85 bits per heavy atom. The van der Waals surface area contributed by atoms with Crippen LogP contribution in [-0.4, -0.2) is 28.8 Å². The molecule has 2 fully saturated rings. The van der Waals surface area contributed by atoms with Crippen molar-refractivity contribution in [2.24, 2.45) is 11.8 Å². The number of hydrogen-bond acceptors (Lipinski definition) is 4. The van der Waals surface area contributed by atoms with Gasteiger partial charge in [-0.05, 0) is 31.4 Å². The van der Waals surface area contributed by atoms with E-state index in [9.17, 15) is 14.4 Å². The summed E-state index contributed by atoms with van der Waals surface area (Å²) >= 11 is 12.0. The molecular weight excluding hydrogens is 379 g/mol. The highest BCUT2D eigenvalue weighted by atomic mass is 35.5. The SMILES string of the molecule is CC[C@@H](Oc1cc(Cl)ccc1Cl)C(=O)NN1C(=O)[C@H]2CCCC[C@@H]2C1=O. The van der Waals surface area contributed by atoms with Crippen LogP contribution in [0.1, 0.15) is 39.0 Å². The van der Waals surface area contributed by atoms with Gasteiger partial charge in [0, 0.05) is 11.1 Å². The topological polar surface area (TPSA) is 75.7 Å². The predicted octanol–water partition coefficient (Wildman–Crippen LogP) is 3.36. The number of halogens is 2. The number of nitrogens with one attached hydrogen (secondary N) is 1. The van der Waals surface area contributed by atoms with Crippen molar-refractivity contribution in [3.63, 3.8) is 0 Å². The van der Waals surface area contributed by atoms with Crippen molar-refractivity contribution in [3.05, 3.63) is 28.2 Å². The van der Waals surface area contributed by atoms with Gasteiger partial charge in [0.15, 0.2) is 6.10 Å². The molecule has 0 unspecified atom stereocenters. The summed E-state index contributed by atoms with van der Waals surface area (Å²) in [5.41, 5.74) is 2.43. The monoisotopic (exact) mass is 398 g/mol. The maximum atomic E-state index is 12.6. The number of carbonyl (C=O) groups excluding carboxylic acids is 3. The molecule has 8 heteroatoms. The summed E-state index contributed by atoms with van der Waals surface area (Å²) in [5, 5.41) is 1.61. The van der Waals surface area contributed by atoms with Gasteiger partial charge in [-0.1, -0.05) is 43.0 Å². The molecule has 140 valence electrons. The second kappa shape index (κ2) is 7.84. The van der Waals surface area contributed by atoms with Crippen molar-refractivity contribution in [1.29, 1.82) is 0 Å². The molecule has 0 aromatic heterocycles. The van der Waals surface area contributed by atoms with Gasteiger partial charge in [0.25, 0.3) is 17.7 Å². The summed E-state index contributed by atoms with van der Waals surface area (Å²) < 4.78 is 5.66. The number of ether oxygens (including phenoxy) is 1. The van der Waals surface area contributed by atoms with Crippen molar-refractivity contribution in [2.75, 3.05) is 0 Å². The van der Waals surface area contributed by atoms with Gasteiger partial charge in [0.2, 0.25) is 0 Å². The fourth-order valence-corrected chi connectivity index (χ4v) is 3.82. The third-order valence-electron chi connectivity index (χ3n) is 4.89. The van der Waals surface area contributed by atoms with Gasteiger partial charge in [-0.2, -0.15) is 5.01 Å². The van der Waals surface area contributed by atoms with Gasteiger partial charge in [-0.25, -0.2) is 0 Å². The number of benzene rings is 1. The Kier molecular flexibility index (Phi) is 5.73. The summed E-state index contributed by atoms with van der Waals surface area (Å²) in [6, 6.07) is 4.70.